The lowest BCUT2D eigenvalue weighted by atomic mass is 10.1. The summed E-state index contributed by atoms with van der Waals surface area (Å²) in [6.07, 6.45) is 0.449. The molecule has 0 bridgehead atoms. The maximum absolute atomic E-state index is 13.5. The van der Waals surface area contributed by atoms with Crippen LogP contribution in [0.15, 0.2) is 82.4 Å². The van der Waals surface area contributed by atoms with Crippen LogP contribution in [0.25, 0.3) is 16.6 Å². The fourth-order valence-electron chi connectivity index (χ4n) is 3.68. The third-order valence-electron chi connectivity index (χ3n) is 5.34. The fourth-order valence-corrected chi connectivity index (χ4v) is 3.68. The van der Waals surface area contributed by atoms with Gasteiger partial charge in [-0.15, -0.1) is 0 Å². The van der Waals surface area contributed by atoms with E-state index in [1.165, 1.54) is 4.57 Å². The van der Waals surface area contributed by atoms with E-state index in [1.54, 1.807) is 41.0 Å². The van der Waals surface area contributed by atoms with Gasteiger partial charge in [-0.25, -0.2) is 9.36 Å². The third-order valence-corrected chi connectivity index (χ3v) is 5.34. The average molecular weight is 398 g/mol. The minimum absolute atomic E-state index is 0.0808. The number of hydrogen-bond acceptors (Lipinski definition) is 3. The van der Waals surface area contributed by atoms with Crippen LogP contribution in [-0.2, 0) is 6.54 Å². The van der Waals surface area contributed by atoms with Crippen LogP contribution in [0, 0.1) is 6.92 Å². The van der Waals surface area contributed by atoms with Gasteiger partial charge in [0.15, 0.2) is 5.78 Å². The molecule has 5 heteroatoms. The summed E-state index contributed by atoms with van der Waals surface area (Å²) in [5, 5.41) is 0.484. The van der Waals surface area contributed by atoms with E-state index in [9.17, 15) is 14.4 Å². The number of carbonyl (C=O) groups is 1. The van der Waals surface area contributed by atoms with Gasteiger partial charge in [0.1, 0.15) is 0 Å². The lowest BCUT2D eigenvalue weighted by Gasteiger charge is -2.15. The summed E-state index contributed by atoms with van der Waals surface area (Å²) in [7, 11) is 0. The Hall–Kier alpha value is -3.73. The van der Waals surface area contributed by atoms with Crippen LogP contribution < -0.4 is 11.2 Å². The monoisotopic (exact) mass is 398 g/mol. The summed E-state index contributed by atoms with van der Waals surface area (Å²) in [4.78, 5) is 38.5. The molecule has 0 spiro atoms. The molecule has 0 unspecified atom stereocenters. The molecule has 4 rings (SSSR count). The van der Waals surface area contributed by atoms with Gasteiger partial charge >= 0.3 is 5.69 Å². The summed E-state index contributed by atoms with van der Waals surface area (Å²) in [6.45, 7) is 4.01. The second-order valence-electron chi connectivity index (χ2n) is 7.29. The number of nitrogens with zero attached hydrogens (tertiary/aromatic N) is 2. The van der Waals surface area contributed by atoms with Gasteiger partial charge in [-0.05, 0) is 36.2 Å². The van der Waals surface area contributed by atoms with E-state index in [0.717, 1.165) is 11.1 Å². The predicted octanol–water partition coefficient (Wildman–Crippen LogP) is 4.10. The Morgan fingerprint density at radius 2 is 1.53 bits per heavy atom. The van der Waals surface area contributed by atoms with Crippen LogP contribution in [0.3, 0.4) is 0 Å². The maximum Gasteiger partial charge on any atom is 0.336 e. The topological polar surface area (TPSA) is 61.1 Å². The van der Waals surface area contributed by atoms with Gasteiger partial charge in [-0.3, -0.25) is 14.2 Å². The van der Waals surface area contributed by atoms with E-state index >= 15 is 0 Å². The zero-order chi connectivity index (χ0) is 21.3. The number of hydrogen-bond donors (Lipinski definition) is 0. The fraction of sp³-hybridized carbons (Fsp3) is 0.160. The molecule has 0 amide bonds. The van der Waals surface area contributed by atoms with Crippen LogP contribution in [-0.4, -0.2) is 14.9 Å². The Balaban J connectivity index is 1.92. The second-order valence-corrected chi connectivity index (χ2v) is 7.29. The molecule has 0 N–H and O–H groups in total. The quantitative estimate of drug-likeness (QED) is 0.476. The number of benzene rings is 3. The summed E-state index contributed by atoms with van der Waals surface area (Å²) in [5.74, 6) is 0.0808. The first kappa shape index (κ1) is 19.6. The van der Waals surface area contributed by atoms with Gasteiger partial charge in [-0.1, -0.05) is 61.5 Å². The summed E-state index contributed by atoms with van der Waals surface area (Å²) < 4.78 is 2.85. The highest BCUT2D eigenvalue weighted by molar-refractivity contribution is 5.95. The van der Waals surface area contributed by atoms with Gasteiger partial charge in [0, 0.05) is 12.0 Å². The van der Waals surface area contributed by atoms with Gasteiger partial charge in [0.2, 0.25) is 0 Å². The molecule has 5 nitrogen and oxygen atoms in total. The Kier molecular flexibility index (Phi) is 5.19. The molecule has 4 aromatic rings. The number of Topliss-reactive ketones (excluding diaryl/α,β-unsaturated/α-hetero) is 1. The minimum Gasteiger partial charge on any atom is -0.294 e. The molecular formula is C25H22N2O3. The highest BCUT2D eigenvalue weighted by Gasteiger charge is 2.16. The molecular weight excluding hydrogens is 376 g/mol. The molecule has 0 atom stereocenters. The van der Waals surface area contributed by atoms with Crippen molar-refractivity contribution in [2.24, 2.45) is 0 Å². The number of fused-ring (bicyclic) bond motifs is 1. The van der Waals surface area contributed by atoms with Crippen molar-refractivity contribution < 1.29 is 4.79 Å². The maximum atomic E-state index is 13.5. The molecule has 0 aliphatic heterocycles. The van der Waals surface area contributed by atoms with E-state index in [4.69, 9.17) is 0 Å². The van der Waals surface area contributed by atoms with Crippen molar-refractivity contribution in [1.29, 1.82) is 0 Å². The standard InChI is InChI=1S/C25H22N2O3/c1-3-23(28)19-14-12-18(13-15-19)16-26-22-11-7-5-9-20(22)24(29)27(25(26)30)21-10-6-4-8-17(21)2/h4-15H,3,16H2,1-2H3. The summed E-state index contributed by atoms with van der Waals surface area (Å²) in [6, 6.07) is 21.8. The number of aryl methyl sites for hydroxylation is 1. The number of ketones is 1. The van der Waals surface area contributed by atoms with Crippen molar-refractivity contribution in [3.63, 3.8) is 0 Å². The first-order chi connectivity index (χ1) is 14.5. The number of aromatic nitrogens is 2. The highest BCUT2D eigenvalue weighted by Crippen LogP contribution is 2.15. The van der Waals surface area contributed by atoms with Crippen molar-refractivity contribution in [3.8, 4) is 5.69 Å². The van der Waals surface area contributed by atoms with Crippen molar-refractivity contribution in [2.45, 2.75) is 26.8 Å². The van der Waals surface area contributed by atoms with E-state index in [-0.39, 0.29) is 17.0 Å². The Bertz CT molecular complexity index is 1360. The normalized spacial score (nSPS) is 11.0. The number of para-hydroxylation sites is 2. The highest BCUT2D eigenvalue weighted by atomic mass is 16.2. The van der Waals surface area contributed by atoms with Crippen LogP contribution in [0.1, 0.15) is 34.8 Å². The second kappa shape index (κ2) is 7.95. The van der Waals surface area contributed by atoms with Crippen LogP contribution in [0.5, 0.6) is 0 Å². The molecule has 150 valence electrons. The van der Waals surface area contributed by atoms with Crippen LogP contribution >= 0.6 is 0 Å². The van der Waals surface area contributed by atoms with Gasteiger partial charge in [-0.2, -0.15) is 0 Å². The summed E-state index contributed by atoms with van der Waals surface area (Å²) >= 11 is 0. The van der Waals surface area contributed by atoms with Crippen molar-refractivity contribution >= 4 is 16.7 Å². The van der Waals surface area contributed by atoms with Crippen molar-refractivity contribution in [3.05, 3.63) is 110 Å². The molecule has 1 heterocycles. The Morgan fingerprint density at radius 3 is 2.23 bits per heavy atom. The SMILES string of the molecule is CCC(=O)c1ccc(Cn2c(=O)n(-c3ccccc3C)c(=O)c3ccccc32)cc1. The zero-order valence-electron chi connectivity index (χ0n) is 17.0. The van der Waals surface area contributed by atoms with E-state index in [1.807, 2.05) is 50.2 Å². The van der Waals surface area contributed by atoms with E-state index < -0.39 is 0 Å². The lowest BCUT2D eigenvalue weighted by molar-refractivity contribution is 0.0988. The molecule has 0 radical (unpaired) electrons. The molecule has 0 saturated heterocycles. The first-order valence-corrected chi connectivity index (χ1v) is 9.94. The van der Waals surface area contributed by atoms with Gasteiger partial charge < -0.3 is 0 Å². The van der Waals surface area contributed by atoms with E-state index in [2.05, 4.69) is 0 Å². The molecule has 0 aliphatic carbocycles. The number of carbonyl (C=O) groups excluding carboxylic acids is 1. The molecule has 0 fully saturated rings. The molecule has 3 aromatic carbocycles. The van der Waals surface area contributed by atoms with Crippen LogP contribution in [0.2, 0.25) is 0 Å². The Labute approximate surface area is 173 Å². The van der Waals surface area contributed by atoms with Gasteiger partial charge in [0.05, 0.1) is 23.1 Å². The smallest absolute Gasteiger partial charge is 0.294 e. The molecule has 0 saturated carbocycles. The molecule has 0 aliphatic rings. The number of rotatable bonds is 5. The average Bonchev–Trinajstić information content (AvgIpc) is 2.78. The predicted molar refractivity (Wildman–Crippen MR) is 119 cm³/mol. The minimum atomic E-state index is -0.387. The third kappa shape index (κ3) is 3.39. The Morgan fingerprint density at radius 1 is 0.867 bits per heavy atom. The van der Waals surface area contributed by atoms with Gasteiger partial charge in [0.25, 0.3) is 5.56 Å². The first-order valence-electron chi connectivity index (χ1n) is 9.94. The largest absolute Gasteiger partial charge is 0.336 e. The van der Waals surface area contributed by atoms with Crippen molar-refractivity contribution in [1.82, 2.24) is 9.13 Å². The summed E-state index contributed by atoms with van der Waals surface area (Å²) in [5.41, 5.74) is 2.84. The lowest BCUT2D eigenvalue weighted by Crippen LogP contribution is -2.39. The molecule has 1 aromatic heterocycles. The van der Waals surface area contributed by atoms with Crippen LogP contribution in [0.4, 0.5) is 0 Å². The molecule has 30 heavy (non-hydrogen) atoms. The van der Waals surface area contributed by atoms with Crippen molar-refractivity contribution in [2.75, 3.05) is 0 Å². The zero-order valence-corrected chi connectivity index (χ0v) is 17.0. The van der Waals surface area contributed by atoms with E-state index in [0.29, 0.717) is 35.1 Å².